The molecule has 0 amide bonds. The molecule has 0 aliphatic heterocycles. The summed E-state index contributed by atoms with van der Waals surface area (Å²) in [5.74, 6) is 5.01. The Morgan fingerprint density at radius 2 is 1.90 bits per heavy atom. The first-order chi connectivity index (χ1) is 14.2. The topological polar surface area (TPSA) is 17.1 Å². The van der Waals surface area contributed by atoms with E-state index in [0.717, 1.165) is 42.4 Å². The summed E-state index contributed by atoms with van der Waals surface area (Å²) >= 11 is 0. The van der Waals surface area contributed by atoms with E-state index in [2.05, 4.69) is 59.8 Å². The summed E-state index contributed by atoms with van der Waals surface area (Å²) < 4.78 is 0. The third kappa shape index (κ3) is 3.49. The van der Waals surface area contributed by atoms with Gasteiger partial charge in [0.15, 0.2) is 5.78 Å². The minimum Gasteiger partial charge on any atom is -0.295 e. The number of hydrogen-bond donors (Lipinski definition) is 0. The van der Waals surface area contributed by atoms with Crippen molar-refractivity contribution in [2.24, 2.45) is 46.3 Å². The molecule has 2 fully saturated rings. The van der Waals surface area contributed by atoms with Crippen molar-refractivity contribution in [3.05, 3.63) is 35.5 Å². The third-order valence-corrected chi connectivity index (χ3v) is 10.3. The molecule has 1 nitrogen and oxygen atoms in total. The van der Waals surface area contributed by atoms with Crippen LogP contribution in [0, 0.1) is 46.3 Å². The maximum atomic E-state index is 12.0. The van der Waals surface area contributed by atoms with Gasteiger partial charge in [-0.15, -0.1) is 0 Å². The standard InChI is InChI=1S/C29H44O/c1-7-21(19(2)3)9-8-20(4)25-12-13-26-24-11-10-22-18-23(30)14-16-28(22,5)27(24)15-17-29(25,26)6/h7,10-11,18-20,24-27H,8-9,12-17H2,1-6H3. The van der Waals surface area contributed by atoms with E-state index in [4.69, 9.17) is 0 Å². The molecule has 1 heteroatoms. The van der Waals surface area contributed by atoms with Crippen LogP contribution in [-0.4, -0.2) is 5.78 Å². The summed E-state index contributed by atoms with van der Waals surface area (Å²) in [5, 5.41) is 0. The number of ketones is 1. The minimum absolute atomic E-state index is 0.233. The molecule has 4 aliphatic rings. The SMILES string of the molecule is CC=C(CCC(C)C1CCC2C3C=CC4=CC(=O)CCC4(C)C3CCC12C)C(C)C. The molecule has 7 unspecified atom stereocenters. The Hall–Kier alpha value is -1.11. The Labute approximate surface area is 185 Å². The van der Waals surface area contributed by atoms with Crippen LogP contribution >= 0.6 is 0 Å². The van der Waals surface area contributed by atoms with Crippen LogP contribution in [0.3, 0.4) is 0 Å². The summed E-state index contributed by atoms with van der Waals surface area (Å²) in [4.78, 5) is 12.0. The van der Waals surface area contributed by atoms with Crippen molar-refractivity contribution in [1.29, 1.82) is 0 Å². The van der Waals surface area contributed by atoms with Crippen LogP contribution in [0.25, 0.3) is 0 Å². The Morgan fingerprint density at radius 3 is 2.60 bits per heavy atom. The second kappa shape index (κ2) is 8.10. The Balaban J connectivity index is 1.52. The van der Waals surface area contributed by atoms with Crippen LogP contribution in [0.5, 0.6) is 0 Å². The first kappa shape index (κ1) is 22.1. The molecule has 0 saturated heterocycles. The highest BCUT2D eigenvalue weighted by Crippen LogP contribution is 2.66. The maximum Gasteiger partial charge on any atom is 0.156 e. The fraction of sp³-hybridized carbons (Fsp3) is 0.759. The van der Waals surface area contributed by atoms with E-state index >= 15 is 0 Å². The van der Waals surface area contributed by atoms with E-state index in [1.807, 2.05) is 6.08 Å². The van der Waals surface area contributed by atoms with Crippen LogP contribution in [0.15, 0.2) is 35.5 Å². The van der Waals surface area contributed by atoms with Gasteiger partial charge in [0.2, 0.25) is 0 Å². The molecule has 166 valence electrons. The Morgan fingerprint density at radius 1 is 1.13 bits per heavy atom. The second-order valence-electron chi connectivity index (χ2n) is 11.9. The molecule has 0 aromatic heterocycles. The molecule has 0 spiro atoms. The van der Waals surface area contributed by atoms with Gasteiger partial charge in [-0.25, -0.2) is 0 Å². The molecular weight excluding hydrogens is 364 g/mol. The van der Waals surface area contributed by atoms with Crippen LogP contribution in [0.2, 0.25) is 0 Å². The summed E-state index contributed by atoms with van der Waals surface area (Å²) in [6.07, 6.45) is 19.2. The number of fused-ring (bicyclic) bond motifs is 5. The van der Waals surface area contributed by atoms with Crippen molar-refractivity contribution in [2.45, 2.75) is 92.9 Å². The zero-order valence-electron chi connectivity index (χ0n) is 20.3. The Kier molecular flexibility index (Phi) is 5.97. The van der Waals surface area contributed by atoms with E-state index in [9.17, 15) is 4.79 Å². The van der Waals surface area contributed by atoms with Crippen LogP contribution in [0.1, 0.15) is 92.9 Å². The zero-order valence-corrected chi connectivity index (χ0v) is 20.3. The Bertz CT molecular complexity index is 767. The van der Waals surface area contributed by atoms with Gasteiger partial charge in [0.25, 0.3) is 0 Å². The largest absolute Gasteiger partial charge is 0.295 e. The summed E-state index contributed by atoms with van der Waals surface area (Å²) in [7, 11) is 0. The van der Waals surface area contributed by atoms with E-state index in [1.54, 1.807) is 5.57 Å². The van der Waals surface area contributed by atoms with Crippen LogP contribution in [-0.2, 0) is 4.79 Å². The lowest BCUT2D eigenvalue weighted by molar-refractivity contribution is -0.116. The fourth-order valence-electron chi connectivity index (χ4n) is 8.33. The first-order valence-corrected chi connectivity index (χ1v) is 12.8. The highest BCUT2D eigenvalue weighted by atomic mass is 16.1. The first-order valence-electron chi connectivity index (χ1n) is 12.8. The molecule has 4 rings (SSSR count). The number of allylic oxidation sites excluding steroid dienone is 6. The number of carbonyl (C=O) groups excluding carboxylic acids is 1. The molecule has 2 saturated carbocycles. The lowest BCUT2D eigenvalue weighted by atomic mass is 9.48. The molecule has 0 bridgehead atoms. The highest BCUT2D eigenvalue weighted by Gasteiger charge is 2.58. The van der Waals surface area contributed by atoms with Gasteiger partial charge < -0.3 is 0 Å². The molecule has 4 aliphatic carbocycles. The molecule has 30 heavy (non-hydrogen) atoms. The van der Waals surface area contributed by atoms with Crippen molar-refractivity contribution in [3.63, 3.8) is 0 Å². The van der Waals surface area contributed by atoms with Crippen LogP contribution in [0.4, 0.5) is 0 Å². The maximum absolute atomic E-state index is 12.0. The fourth-order valence-corrected chi connectivity index (χ4v) is 8.33. The molecule has 0 radical (unpaired) electrons. The molecule has 0 heterocycles. The summed E-state index contributed by atoms with van der Waals surface area (Å²) in [6.45, 7) is 14.6. The smallest absolute Gasteiger partial charge is 0.156 e. The quantitative estimate of drug-likeness (QED) is 0.422. The van der Waals surface area contributed by atoms with Gasteiger partial charge in [-0.1, -0.05) is 58.4 Å². The highest BCUT2D eigenvalue weighted by molar-refractivity contribution is 5.92. The van der Waals surface area contributed by atoms with Gasteiger partial charge in [-0.3, -0.25) is 4.79 Å². The van der Waals surface area contributed by atoms with Gasteiger partial charge in [-0.2, -0.15) is 0 Å². The molecule has 0 aromatic rings. The second-order valence-corrected chi connectivity index (χ2v) is 11.9. The average Bonchev–Trinajstić information content (AvgIpc) is 3.06. The van der Waals surface area contributed by atoms with Crippen molar-refractivity contribution >= 4 is 5.78 Å². The van der Waals surface area contributed by atoms with Gasteiger partial charge in [0.1, 0.15) is 0 Å². The van der Waals surface area contributed by atoms with E-state index in [-0.39, 0.29) is 5.41 Å². The van der Waals surface area contributed by atoms with Gasteiger partial charge in [0, 0.05) is 6.42 Å². The zero-order chi connectivity index (χ0) is 21.7. The minimum atomic E-state index is 0.233. The number of hydrogen-bond acceptors (Lipinski definition) is 1. The average molecular weight is 409 g/mol. The van der Waals surface area contributed by atoms with Crippen molar-refractivity contribution in [2.75, 3.05) is 0 Å². The monoisotopic (exact) mass is 408 g/mol. The predicted molar refractivity (Wildman–Crippen MR) is 127 cm³/mol. The van der Waals surface area contributed by atoms with Gasteiger partial charge in [0.05, 0.1) is 0 Å². The van der Waals surface area contributed by atoms with E-state index < -0.39 is 0 Å². The van der Waals surface area contributed by atoms with Crippen molar-refractivity contribution in [3.8, 4) is 0 Å². The van der Waals surface area contributed by atoms with Gasteiger partial charge in [-0.05, 0) is 110 Å². The van der Waals surface area contributed by atoms with Gasteiger partial charge >= 0.3 is 0 Å². The lowest BCUT2D eigenvalue weighted by Gasteiger charge is -2.56. The van der Waals surface area contributed by atoms with Crippen LogP contribution < -0.4 is 0 Å². The molecule has 7 atom stereocenters. The number of rotatable bonds is 5. The van der Waals surface area contributed by atoms with E-state index in [1.165, 1.54) is 44.1 Å². The molecular formula is C29H44O. The van der Waals surface area contributed by atoms with Crippen molar-refractivity contribution in [1.82, 2.24) is 0 Å². The number of carbonyl (C=O) groups is 1. The third-order valence-electron chi connectivity index (χ3n) is 10.3. The molecule has 0 N–H and O–H groups in total. The normalized spacial score (nSPS) is 41.9. The summed E-state index contributed by atoms with van der Waals surface area (Å²) in [5.41, 5.74) is 3.70. The van der Waals surface area contributed by atoms with Crippen molar-refractivity contribution < 1.29 is 4.79 Å². The molecule has 0 aromatic carbocycles. The predicted octanol–water partition coefficient (Wildman–Crippen LogP) is 7.93. The summed E-state index contributed by atoms with van der Waals surface area (Å²) in [6, 6.07) is 0. The van der Waals surface area contributed by atoms with E-state index in [0.29, 0.717) is 17.1 Å². The lowest BCUT2D eigenvalue weighted by Crippen LogP contribution is -2.49.